The Labute approximate surface area is 190 Å². The minimum Gasteiger partial charge on any atom is -0.487 e. The molecule has 0 amide bonds. The van der Waals surface area contributed by atoms with Crippen LogP contribution in [0.15, 0.2) is 52.7 Å². The molecule has 0 saturated heterocycles. The summed E-state index contributed by atoms with van der Waals surface area (Å²) in [4.78, 5) is 11.4. The molecule has 2 aromatic carbocycles. The maximum absolute atomic E-state index is 12.9. The predicted octanol–water partition coefficient (Wildman–Crippen LogP) is 5.06. The van der Waals surface area contributed by atoms with Crippen LogP contribution >= 0.6 is 0 Å². The first-order valence-electron chi connectivity index (χ1n) is 10.3. The quantitative estimate of drug-likeness (QED) is 0.254. The number of aryl methyl sites for hydroxylation is 1. The molecule has 0 aliphatic carbocycles. The topological polar surface area (TPSA) is 64.2 Å². The Morgan fingerprint density at radius 2 is 2.03 bits per heavy atom. The van der Waals surface area contributed by atoms with Crippen LogP contribution in [0.3, 0.4) is 0 Å². The fourth-order valence-corrected chi connectivity index (χ4v) is 3.06. The maximum Gasteiger partial charge on any atom is 0.416 e. The van der Waals surface area contributed by atoms with E-state index in [4.69, 9.17) is 9.57 Å². The Kier molecular flexibility index (Phi) is 7.57. The Morgan fingerprint density at radius 1 is 1.24 bits per heavy atom. The highest BCUT2D eigenvalue weighted by molar-refractivity contribution is 5.89. The molecule has 33 heavy (non-hydrogen) atoms. The standard InChI is InChI=1S/C23H26F3N5O2/c1-5-30(3)15-27-21-10-17-12-28-31(22(17)9-16(21)2)13-19(29-32-4)14-33-20-8-6-7-18(11-20)23(24,25)26/h6-12,15H,5,13-14H2,1-4H3/b27-15+,29-19-. The molecule has 1 aromatic heterocycles. The molecular formula is C23H26F3N5O2. The summed E-state index contributed by atoms with van der Waals surface area (Å²) >= 11 is 0. The molecule has 176 valence electrons. The van der Waals surface area contributed by atoms with Crippen molar-refractivity contribution in [2.75, 3.05) is 27.3 Å². The van der Waals surface area contributed by atoms with Crippen LogP contribution in [0.1, 0.15) is 18.1 Å². The van der Waals surface area contributed by atoms with Gasteiger partial charge in [-0.1, -0.05) is 11.2 Å². The van der Waals surface area contributed by atoms with E-state index in [-0.39, 0.29) is 18.9 Å². The Morgan fingerprint density at radius 3 is 2.73 bits per heavy atom. The smallest absolute Gasteiger partial charge is 0.416 e. The number of rotatable bonds is 9. The summed E-state index contributed by atoms with van der Waals surface area (Å²) in [6.45, 7) is 5.06. The van der Waals surface area contributed by atoms with Gasteiger partial charge in [-0.15, -0.1) is 0 Å². The zero-order valence-electron chi connectivity index (χ0n) is 18.9. The molecule has 1 heterocycles. The average molecular weight is 461 g/mol. The number of aliphatic imine (C=N–C) groups is 1. The van der Waals surface area contributed by atoms with Crippen molar-refractivity contribution in [3.05, 3.63) is 53.7 Å². The lowest BCUT2D eigenvalue weighted by atomic mass is 10.1. The molecule has 7 nitrogen and oxygen atoms in total. The first-order valence-corrected chi connectivity index (χ1v) is 10.3. The van der Waals surface area contributed by atoms with Gasteiger partial charge in [-0.2, -0.15) is 18.3 Å². The van der Waals surface area contributed by atoms with Crippen LogP contribution in [0.2, 0.25) is 0 Å². The van der Waals surface area contributed by atoms with Crippen LogP contribution in [0, 0.1) is 6.92 Å². The van der Waals surface area contributed by atoms with Gasteiger partial charge in [0, 0.05) is 19.0 Å². The molecule has 0 radical (unpaired) electrons. The zero-order chi connectivity index (χ0) is 24.0. The molecule has 0 N–H and O–H groups in total. The third-order valence-electron chi connectivity index (χ3n) is 4.97. The van der Waals surface area contributed by atoms with Crippen molar-refractivity contribution in [2.24, 2.45) is 10.1 Å². The van der Waals surface area contributed by atoms with Crippen LogP contribution in [0.5, 0.6) is 5.75 Å². The van der Waals surface area contributed by atoms with Gasteiger partial charge in [-0.05, 0) is 49.7 Å². The van der Waals surface area contributed by atoms with Gasteiger partial charge in [0.05, 0.1) is 35.8 Å². The lowest BCUT2D eigenvalue weighted by Crippen LogP contribution is -2.19. The summed E-state index contributed by atoms with van der Waals surface area (Å²) in [7, 11) is 3.35. The number of ether oxygens (including phenoxy) is 1. The maximum atomic E-state index is 12.9. The molecule has 0 bridgehead atoms. The van der Waals surface area contributed by atoms with Gasteiger partial charge in [0.15, 0.2) is 0 Å². The highest BCUT2D eigenvalue weighted by Gasteiger charge is 2.30. The van der Waals surface area contributed by atoms with Crippen LogP contribution < -0.4 is 4.74 Å². The number of nitrogens with zero attached hydrogens (tertiary/aromatic N) is 5. The van der Waals surface area contributed by atoms with Crippen LogP contribution in [-0.2, 0) is 17.6 Å². The normalized spacial score (nSPS) is 12.5. The highest BCUT2D eigenvalue weighted by Crippen LogP contribution is 2.31. The van der Waals surface area contributed by atoms with E-state index in [0.717, 1.165) is 40.8 Å². The van der Waals surface area contributed by atoms with E-state index in [9.17, 15) is 13.2 Å². The second-order valence-corrected chi connectivity index (χ2v) is 7.47. The highest BCUT2D eigenvalue weighted by atomic mass is 19.4. The van der Waals surface area contributed by atoms with Crippen LogP contribution in [-0.4, -0.2) is 54.0 Å². The van der Waals surface area contributed by atoms with Crippen LogP contribution in [0.25, 0.3) is 10.9 Å². The monoisotopic (exact) mass is 461 g/mol. The van der Waals surface area contributed by atoms with Crippen molar-refractivity contribution >= 4 is 28.6 Å². The van der Waals surface area contributed by atoms with E-state index < -0.39 is 11.7 Å². The van der Waals surface area contributed by atoms with E-state index in [0.29, 0.717) is 5.71 Å². The Hall–Kier alpha value is -3.56. The summed E-state index contributed by atoms with van der Waals surface area (Å²) < 4.78 is 46.1. The lowest BCUT2D eigenvalue weighted by Gasteiger charge is -2.12. The number of alkyl halides is 3. The third kappa shape index (κ3) is 6.24. The van der Waals surface area contributed by atoms with Gasteiger partial charge in [-0.25, -0.2) is 4.99 Å². The van der Waals surface area contributed by atoms with Crippen molar-refractivity contribution in [1.29, 1.82) is 0 Å². The number of aromatic nitrogens is 2. The fraction of sp³-hybridized carbons (Fsp3) is 0.348. The second kappa shape index (κ2) is 10.4. The minimum atomic E-state index is -4.44. The number of oxime groups is 1. The molecule has 0 spiro atoms. The van der Waals surface area contributed by atoms with Gasteiger partial charge >= 0.3 is 6.18 Å². The molecule has 3 aromatic rings. The van der Waals surface area contributed by atoms with E-state index in [1.165, 1.54) is 19.2 Å². The number of fused-ring (bicyclic) bond motifs is 1. The van der Waals surface area contributed by atoms with Crippen molar-refractivity contribution in [2.45, 2.75) is 26.6 Å². The molecule has 0 aliphatic rings. The van der Waals surface area contributed by atoms with Crippen LogP contribution in [0.4, 0.5) is 18.9 Å². The molecule has 0 aliphatic heterocycles. The summed E-state index contributed by atoms with van der Waals surface area (Å²) in [6.07, 6.45) is -0.925. The van der Waals surface area contributed by atoms with Gasteiger partial charge in [0.2, 0.25) is 0 Å². The van der Waals surface area contributed by atoms with E-state index in [1.807, 2.05) is 37.9 Å². The number of halogens is 3. The van der Waals surface area contributed by atoms with Gasteiger partial charge in [0.25, 0.3) is 0 Å². The van der Waals surface area contributed by atoms with E-state index in [2.05, 4.69) is 15.2 Å². The van der Waals surface area contributed by atoms with Crippen molar-refractivity contribution in [1.82, 2.24) is 14.7 Å². The summed E-state index contributed by atoms with van der Waals surface area (Å²) in [5.74, 6) is 0.0920. The van der Waals surface area contributed by atoms with Gasteiger partial charge in [0.1, 0.15) is 25.2 Å². The Bertz CT molecular complexity index is 1150. The molecule has 3 rings (SSSR count). The van der Waals surface area contributed by atoms with E-state index in [1.54, 1.807) is 17.2 Å². The fourth-order valence-electron chi connectivity index (χ4n) is 3.06. The molecule has 0 unspecified atom stereocenters. The lowest BCUT2D eigenvalue weighted by molar-refractivity contribution is -0.137. The Balaban J connectivity index is 1.77. The van der Waals surface area contributed by atoms with Gasteiger partial charge < -0.3 is 14.5 Å². The van der Waals surface area contributed by atoms with Crippen molar-refractivity contribution < 1.29 is 22.7 Å². The van der Waals surface area contributed by atoms with Crippen molar-refractivity contribution in [3.63, 3.8) is 0 Å². The molecule has 10 heteroatoms. The first-order chi connectivity index (χ1) is 15.7. The SMILES string of the molecule is CCN(C)/C=N/c1cc2cnn(C/C(COc3cccc(C(F)(F)F)c3)=N/OC)c2cc1C. The molecule has 0 saturated carbocycles. The van der Waals surface area contributed by atoms with Gasteiger partial charge in [-0.3, -0.25) is 4.68 Å². The zero-order valence-corrected chi connectivity index (χ0v) is 18.9. The number of hydrogen-bond acceptors (Lipinski definition) is 5. The largest absolute Gasteiger partial charge is 0.487 e. The molecular weight excluding hydrogens is 435 g/mol. The predicted molar refractivity (Wildman–Crippen MR) is 122 cm³/mol. The third-order valence-corrected chi connectivity index (χ3v) is 4.97. The van der Waals surface area contributed by atoms with E-state index >= 15 is 0 Å². The second-order valence-electron chi connectivity index (χ2n) is 7.47. The summed E-state index contributed by atoms with van der Waals surface area (Å²) in [6, 6.07) is 8.65. The summed E-state index contributed by atoms with van der Waals surface area (Å²) in [5, 5.41) is 9.30. The minimum absolute atomic E-state index is 0.0543. The first kappa shape index (κ1) is 24.1. The molecule has 0 fully saturated rings. The summed E-state index contributed by atoms with van der Waals surface area (Å²) in [5.41, 5.74) is 2.39. The number of benzene rings is 2. The molecule has 0 atom stereocenters. The number of hydrogen-bond donors (Lipinski definition) is 0. The van der Waals surface area contributed by atoms with Crippen molar-refractivity contribution in [3.8, 4) is 5.75 Å². The average Bonchev–Trinajstić information content (AvgIpc) is 3.16.